The predicted octanol–water partition coefficient (Wildman–Crippen LogP) is 4.14. The number of fused-ring (bicyclic) bond motifs is 1. The Morgan fingerprint density at radius 2 is 1.78 bits per heavy atom. The Labute approximate surface area is 135 Å². The number of hydrogen-bond acceptors (Lipinski definition) is 3. The molecule has 0 N–H and O–H groups in total. The van der Waals surface area contributed by atoms with Crippen molar-refractivity contribution in [3.8, 4) is 11.3 Å². The van der Waals surface area contributed by atoms with Crippen LogP contribution in [0.1, 0.15) is 18.9 Å². The van der Waals surface area contributed by atoms with Gasteiger partial charge in [0.2, 0.25) is 0 Å². The van der Waals surface area contributed by atoms with Crippen molar-refractivity contribution in [3.05, 3.63) is 42.0 Å². The Balaban J connectivity index is 2.05. The molecule has 1 aliphatic rings. The van der Waals surface area contributed by atoms with Gasteiger partial charge in [0.25, 0.3) is 5.92 Å². The van der Waals surface area contributed by atoms with Gasteiger partial charge in [-0.2, -0.15) is 0 Å². The van der Waals surface area contributed by atoms with Crippen LogP contribution in [0.2, 0.25) is 0 Å². The zero-order valence-electron chi connectivity index (χ0n) is 13.7. The minimum atomic E-state index is -2.85. The van der Waals surface area contributed by atoms with Gasteiger partial charge in [0.05, 0.1) is 11.4 Å². The maximum atomic E-state index is 13.6. The molecular formula is C18H21F2N3. The summed E-state index contributed by atoms with van der Waals surface area (Å²) < 4.78 is 27.1. The highest BCUT2D eigenvalue weighted by molar-refractivity contribution is 5.73. The molecule has 0 unspecified atom stereocenters. The Morgan fingerprint density at radius 3 is 2.52 bits per heavy atom. The van der Waals surface area contributed by atoms with Crippen LogP contribution in [0.4, 0.5) is 20.3 Å². The van der Waals surface area contributed by atoms with Gasteiger partial charge in [0.1, 0.15) is 0 Å². The molecule has 0 amide bonds. The second-order valence-corrected chi connectivity index (χ2v) is 6.21. The van der Waals surface area contributed by atoms with Gasteiger partial charge in [-0.15, -0.1) is 0 Å². The fraction of sp³-hybridized carbons (Fsp3) is 0.389. The zero-order valence-corrected chi connectivity index (χ0v) is 13.7. The lowest BCUT2D eigenvalue weighted by atomic mass is 10.0. The molecular weight excluding hydrogens is 296 g/mol. The lowest BCUT2D eigenvalue weighted by Crippen LogP contribution is -2.18. The molecule has 3 rings (SSSR count). The largest absolute Gasteiger partial charge is 0.372 e. The summed E-state index contributed by atoms with van der Waals surface area (Å²) in [5.41, 5.74) is 2.52. The van der Waals surface area contributed by atoms with E-state index in [2.05, 4.69) is 16.8 Å². The summed E-state index contributed by atoms with van der Waals surface area (Å²) in [6, 6.07) is 10.4. The van der Waals surface area contributed by atoms with E-state index in [4.69, 9.17) is 4.98 Å². The Hall–Kier alpha value is -2.17. The summed E-state index contributed by atoms with van der Waals surface area (Å²) in [5.74, 6) is -1.95. The molecule has 0 radical (unpaired) electrons. The molecule has 0 saturated heterocycles. The predicted molar refractivity (Wildman–Crippen MR) is 90.4 cm³/mol. The molecule has 122 valence electrons. The summed E-state index contributed by atoms with van der Waals surface area (Å²) in [6.07, 6.45) is 1.07. The molecule has 0 atom stereocenters. The van der Waals surface area contributed by atoms with Crippen molar-refractivity contribution in [2.75, 3.05) is 37.0 Å². The molecule has 1 aliphatic heterocycles. The standard InChI is InChI=1S/C18H21F2N3/c1-18(19,20)14-7-4-6-13(12-14)15-8-9-16-17(21-15)23(3)11-5-10-22(16)2/h4,6-9,12H,5,10-11H2,1-3H3. The van der Waals surface area contributed by atoms with Crippen molar-refractivity contribution in [1.82, 2.24) is 4.98 Å². The maximum Gasteiger partial charge on any atom is 0.270 e. The van der Waals surface area contributed by atoms with Crippen LogP contribution in [-0.4, -0.2) is 32.2 Å². The third-order valence-corrected chi connectivity index (χ3v) is 4.28. The number of benzene rings is 1. The van der Waals surface area contributed by atoms with Crippen molar-refractivity contribution < 1.29 is 8.78 Å². The fourth-order valence-corrected chi connectivity index (χ4v) is 2.90. The van der Waals surface area contributed by atoms with E-state index in [1.165, 1.54) is 12.1 Å². The Bertz CT molecular complexity index is 710. The van der Waals surface area contributed by atoms with Crippen LogP contribution in [0.5, 0.6) is 0 Å². The van der Waals surface area contributed by atoms with Gasteiger partial charge in [-0.1, -0.05) is 18.2 Å². The van der Waals surface area contributed by atoms with Crippen LogP contribution >= 0.6 is 0 Å². The van der Waals surface area contributed by atoms with Gasteiger partial charge in [-0.05, 0) is 24.6 Å². The number of nitrogens with zero attached hydrogens (tertiary/aromatic N) is 3. The summed E-state index contributed by atoms with van der Waals surface area (Å²) in [4.78, 5) is 9.05. The monoisotopic (exact) mass is 317 g/mol. The lowest BCUT2D eigenvalue weighted by molar-refractivity contribution is 0.0175. The average molecular weight is 317 g/mol. The van der Waals surface area contributed by atoms with Crippen LogP contribution in [0.25, 0.3) is 11.3 Å². The average Bonchev–Trinajstić information content (AvgIpc) is 2.66. The molecule has 2 aromatic rings. The lowest BCUT2D eigenvalue weighted by Gasteiger charge is -2.22. The fourth-order valence-electron chi connectivity index (χ4n) is 2.90. The molecule has 3 nitrogen and oxygen atoms in total. The first-order chi connectivity index (χ1) is 10.9. The highest BCUT2D eigenvalue weighted by Gasteiger charge is 2.25. The smallest absolute Gasteiger partial charge is 0.270 e. The Morgan fingerprint density at radius 1 is 1.04 bits per heavy atom. The van der Waals surface area contributed by atoms with Gasteiger partial charge >= 0.3 is 0 Å². The molecule has 23 heavy (non-hydrogen) atoms. The van der Waals surface area contributed by atoms with E-state index in [0.717, 1.165) is 43.6 Å². The van der Waals surface area contributed by atoms with E-state index in [9.17, 15) is 8.78 Å². The number of pyridine rings is 1. The quantitative estimate of drug-likeness (QED) is 0.830. The zero-order chi connectivity index (χ0) is 16.6. The Kier molecular flexibility index (Phi) is 3.96. The SMILES string of the molecule is CN1CCCN(C)c2nc(-c3cccc(C(C)(F)F)c3)ccc21. The van der Waals surface area contributed by atoms with Gasteiger partial charge < -0.3 is 9.80 Å². The third-order valence-electron chi connectivity index (χ3n) is 4.28. The van der Waals surface area contributed by atoms with Crippen molar-refractivity contribution in [3.63, 3.8) is 0 Å². The highest BCUT2D eigenvalue weighted by atomic mass is 19.3. The number of hydrogen-bond donors (Lipinski definition) is 0. The van der Waals surface area contributed by atoms with Crippen LogP contribution in [0, 0.1) is 0 Å². The van der Waals surface area contributed by atoms with E-state index in [-0.39, 0.29) is 5.56 Å². The number of rotatable bonds is 2. The van der Waals surface area contributed by atoms with E-state index in [0.29, 0.717) is 5.56 Å². The van der Waals surface area contributed by atoms with Gasteiger partial charge in [0.15, 0.2) is 5.82 Å². The molecule has 0 fully saturated rings. The normalized spacial score (nSPS) is 15.3. The van der Waals surface area contributed by atoms with Crippen LogP contribution < -0.4 is 9.80 Å². The number of alkyl halides is 2. The second kappa shape index (κ2) is 5.80. The highest BCUT2D eigenvalue weighted by Crippen LogP contribution is 2.34. The van der Waals surface area contributed by atoms with Gasteiger partial charge in [-0.3, -0.25) is 0 Å². The van der Waals surface area contributed by atoms with Gasteiger partial charge in [-0.25, -0.2) is 13.8 Å². The van der Waals surface area contributed by atoms with Crippen molar-refractivity contribution in [2.45, 2.75) is 19.3 Å². The molecule has 0 aliphatic carbocycles. The first kappa shape index (κ1) is 15.7. The van der Waals surface area contributed by atoms with Crippen molar-refractivity contribution in [1.29, 1.82) is 0 Å². The minimum Gasteiger partial charge on any atom is -0.372 e. The third kappa shape index (κ3) is 3.14. The van der Waals surface area contributed by atoms with Gasteiger partial charge in [0, 0.05) is 45.2 Å². The number of anilines is 2. The summed E-state index contributed by atoms with van der Waals surface area (Å²) in [6.45, 7) is 2.83. The molecule has 0 saturated carbocycles. The maximum absolute atomic E-state index is 13.6. The van der Waals surface area contributed by atoms with Crippen molar-refractivity contribution >= 4 is 11.5 Å². The van der Waals surface area contributed by atoms with Crippen LogP contribution in [0.15, 0.2) is 36.4 Å². The summed E-state index contributed by atoms with van der Waals surface area (Å²) in [7, 11) is 4.07. The second-order valence-electron chi connectivity index (χ2n) is 6.21. The minimum absolute atomic E-state index is 0.0113. The summed E-state index contributed by atoms with van der Waals surface area (Å²) >= 11 is 0. The van der Waals surface area contributed by atoms with Crippen LogP contribution in [0.3, 0.4) is 0 Å². The van der Waals surface area contributed by atoms with Crippen molar-refractivity contribution in [2.24, 2.45) is 0 Å². The molecule has 1 aromatic heterocycles. The molecule has 1 aromatic carbocycles. The number of aromatic nitrogens is 1. The molecule has 0 bridgehead atoms. The molecule has 5 heteroatoms. The van der Waals surface area contributed by atoms with E-state index in [1.807, 2.05) is 25.2 Å². The first-order valence-electron chi connectivity index (χ1n) is 7.78. The van der Waals surface area contributed by atoms with E-state index in [1.54, 1.807) is 6.07 Å². The van der Waals surface area contributed by atoms with E-state index >= 15 is 0 Å². The number of halogens is 2. The topological polar surface area (TPSA) is 19.4 Å². The first-order valence-corrected chi connectivity index (χ1v) is 7.78. The van der Waals surface area contributed by atoms with Crippen LogP contribution in [-0.2, 0) is 5.92 Å². The van der Waals surface area contributed by atoms with E-state index < -0.39 is 5.92 Å². The summed E-state index contributed by atoms with van der Waals surface area (Å²) in [5, 5.41) is 0. The molecule has 2 heterocycles. The molecule has 0 spiro atoms.